The third-order valence-corrected chi connectivity index (χ3v) is 3.95. The summed E-state index contributed by atoms with van der Waals surface area (Å²) < 4.78 is 19.6. The predicted molar refractivity (Wildman–Crippen MR) is 74.0 cm³/mol. The lowest BCUT2D eigenvalue weighted by Crippen LogP contribution is -2.20. The van der Waals surface area contributed by atoms with E-state index in [0.717, 1.165) is 12.8 Å². The molecule has 1 aliphatic carbocycles. The van der Waals surface area contributed by atoms with E-state index in [1.54, 1.807) is 13.0 Å². The predicted octanol–water partition coefficient (Wildman–Crippen LogP) is 3.82. The summed E-state index contributed by atoms with van der Waals surface area (Å²) in [6, 6.07) is 0. The Kier molecular flexibility index (Phi) is 4.06. The second-order valence-corrected chi connectivity index (χ2v) is 5.06. The summed E-state index contributed by atoms with van der Waals surface area (Å²) in [6.07, 6.45) is 6.95. The minimum atomic E-state index is -0.313. The van der Waals surface area contributed by atoms with E-state index in [9.17, 15) is 9.50 Å². The van der Waals surface area contributed by atoms with Crippen molar-refractivity contribution < 1.29 is 14.2 Å². The van der Waals surface area contributed by atoms with Gasteiger partial charge in [-0.25, -0.2) is 9.37 Å². The topological polar surface area (TPSA) is 55.2 Å². The summed E-state index contributed by atoms with van der Waals surface area (Å²) >= 11 is 0. The average molecular weight is 278 g/mol. The minimum absolute atomic E-state index is 0.0206. The zero-order valence-corrected chi connectivity index (χ0v) is 12.0. The Balaban J connectivity index is 2.23. The van der Waals surface area contributed by atoms with Crippen molar-refractivity contribution in [1.82, 2.24) is 9.97 Å². The quantitative estimate of drug-likeness (QED) is 0.909. The maximum absolute atomic E-state index is 14.2. The van der Waals surface area contributed by atoms with Gasteiger partial charge in [0, 0.05) is 6.42 Å². The first-order chi connectivity index (χ1) is 9.51. The van der Waals surface area contributed by atoms with Gasteiger partial charge in [0.2, 0.25) is 5.75 Å². The first-order valence-corrected chi connectivity index (χ1v) is 6.77. The van der Waals surface area contributed by atoms with Crippen LogP contribution < -0.4 is 4.74 Å². The van der Waals surface area contributed by atoms with E-state index < -0.39 is 0 Å². The molecular weight excluding hydrogens is 259 g/mol. The molecule has 4 nitrogen and oxygen atoms in total. The zero-order chi connectivity index (χ0) is 14.8. The van der Waals surface area contributed by atoms with Gasteiger partial charge in [-0.1, -0.05) is 19.9 Å². The number of rotatable bonds is 4. The molecule has 1 aliphatic rings. The normalized spacial score (nSPS) is 17.4. The standard InChI is InChI=1S/C15H19FN2O2/c1-4-15(5-2)7-6-12(11(16)8-15)20-14-13(19)10(3)17-9-18-14/h6-7,9,19H,4-5,8H2,1-3H3. The van der Waals surface area contributed by atoms with Crippen LogP contribution in [-0.4, -0.2) is 15.1 Å². The molecule has 0 amide bonds. The summed E-state index contributed by atoms with van der Waals surface area (Å²) in [5.41, 5.74) is 0.257. The average Bonchev–Trinajstić information content (AvgIpc) is 2.46. The fraction of sp³-hybridized carbons (Fsp3) is 0.467. The van der Waals surface area contributed by atoms with Crippen LogP contribution in [0.3, 0.4) is 0 Å². The van der Waals surface area contributed by atoms with E-state index in [1.807, 2.05) is 19.9 Å². The van der Waals surface area contributed by atoms with Crippen LogP contribution in [0.15, 0.2) is 30.1 Å². The Morgan fingerprint density at radius 1 is 1.35 bits per heavy atom. The van der Waals surface area contributed by atoms with Gasteiger partial charge in [-0.3, -0.25) is 0 Å². The van der Waals surface area contributed by atoms with Gasteiger partial charge in [-0.2, -0.15) is 4.98 Å². The van der Waals surface area contributed by atoms with Crippen molar-refractivity contribution in [2.45, 2.75) is 40.0 Å². The number of hydrogen-bond acceptors (Lipinski definition) is 4. The molecule has 0 saturated carbocycles. The summed E-state index contributed by atoms with van der Waals surface area (Å²) in [5.74, 6) is -0.389. The lowest BCUT2D eigenvalue weighted by molar-refractivity contribution is 0.285. The SMILES string of the molecule is CCC1(CC)C=CC(Oc2ncnc(C)c2O)=C(F)C1. The number of halogens is 1. The van der Waals surface area contributed by atoms with Gasteiger partial charge >= 0.3 is 0 Å². The molecule has 2 rings (SSSR count). The second kappa shape index (κ2) is 5.61. The molecular formula is C15H19FN2O2. The van der Waals surface area contributed by atoms with Crippen molar-refractivity contribution in [2.75, 3.05) is 0 Å². The highest BCUT2D eigenvalue weighted by Crippen LogP contribution is 2.41. The summed E-state index contributed by atoms with van der Waals surface area (Å²) in [5, 5.41) is 9.79. The van der Waals surface area contributed by atoms with Gasteiger partial charge in [0.15, 0.2) is 5.76 Å². The number of nitrogens with zero attached hydrogens (tertiary/aromatic N) is 2. The van der Waals surface area contributed by atoms with Crippen molar-refractivity contribution in [3.8, 4) is 11.6 Å². The molecule has 20 heavy (non-hydrogen) atoms. The van der Waals surface area contributed by atoms with E-state index in [1.165, 1.54) is 6.33 Å². The van der Waals surface area contributed by atoms with Gasteiger partial charge in [0.1, 0.15) is 12.2 Å². The van der Waals surface area contributed by atoms with Crippen LogP contribution >= 0.6 is 0 Å². The molecule has 108 valence electrons. The highest BCUT2D eigenvalue weighted by Gasteiger charge is 2.30. The first-order valence-electron chi connectivity index (χ1n) is 6.77. The number of aryl methyl sites for hydroxylation is 1. The Morgan fingerprint density at radius 3 is 2.65 bits per heavy atom. The van der Waals surface area contributed by atoms with Crippen LogP contribution in [0.25, 0.3) is 0 Å². The molecule has 0 fully saturated rings. The van der Waals surface area contributed by atoms with E-state index in [2.05, 4.69) is 9.97 Å². The van der Waals surface area contributed by atoms with Crippen LogP contribution in [0.5, 0.6) is 11.6 Å². The molecule has 1 heterocycles. The summed E-state index contributed by atoms with van der Waals surface area (Å²) in [7, 11) is 0. The summed E-state index contributed by atoms with van der Waals surface area (Å²) in [4.78, 5) is 7.66. The highest BCUT2D eigenvalue weighted by molar-refractivity contribution is 5.38. The maximum Gasteiger partial charge on any atom is 0.265 e. The fourth-order valence-corrected chi connectivity index (χ4v) is 2.25. The zero-order valence-electron chi connectivity index (χ0n) is 12.0. The molecule has 1 N–H and O–H groups in total. The second-order valence-electron chi connectivity index (χ2n) is 5.06. The molecule has 0 bridgehead atoms. The lowest BCUT2D eigenvalue weighted by Gasteiger charge is -2.30. The number of allylic oxidation sites excluding steroid dienone is 3. The molecule has 0 unspecified atom stereocenters. The maximum atomic E-state index is 14.2. The molecule has 0 saturated heterocycles. The number of ether oxygens (including phenoxy) is 1. The lowest BCUT2D eigenvalue weighted by atomic mass is 9.76. The molecule has 0 aliphatic heterocycles. The molecule has 1 aromatic rings. The van der Waals surface area contributed by atoms with Crippen LogP contribution in [0.4, 0.5) is 4.39 Å². The first kappa shape index (κ1) is 14.5. The molecule has 0 atom stereocenters. The van der Waals surface area contributed by atoms with E-state index >= 15 is 0 Å². The van der Waals surface area contributed by atoms with E-state index in [4.69, 9.17) is 4.74 Å². The molecule has 5 heteroatoms. The minimum Gasteiger partial charge on any atom is -0.502 e. The van der Waals surface area contributed by atoms with Crippen molar-refractivity contribution in [3.05, 3.63) is 35.8 Å². The Bertz CT molecular complexity index is 563. The van der Waals surface area contributed by atoms with Gasteiger partial charge in [-0.15, -0.1) is 0 Å². The monoisotopic (exact) mass is 278 g/mol. The molecule has 0 radical (unpaired) electrons. The number of hydrogen-bond donors (Lipinski definition) is 1. The van der Waals surface area contributed by atoms with E-state index in [-0.39, 0.29) is 28.6 Å². The van der Waals surface area contributed by atoms with Crippen molar-refractivity contribution >= 4 is 0 Å². The molecule has 0 spiro atoms. The van der Waals surface area contributed by atoms with Crippen molar-refractivity contribution in [3.63, 3.8) is 0 Å². The molecule has 1 aromatic heterocycles. The van der Waals surface area contributed by atoms with E-state index in [0.29, 0.717) is 12.1 Å². The van der Waals surface area contributed by atoms with Crippen LogP contribution in [0.2, 0.25) is 0 Å². The number of aromatic nitrogens is 2. The Labute approximate surface area is 118 Å². The van der Waals surface area contributed by atoms with Gasteiger partial charge in [-0.05, 0) is 31.3 Å². The Morgan fingerprint density at radius 2 is 2.05 bits per heavy atom. The highest BCUT2D eigenvalue weighted by atomic mass is 19.1. The smallest absolute Gasteiger partial charge is 0.265 e. The van der Waals surface area contributed by atoms with Gasteiger partial charge < -0.3 is 9.84 Å². The fourth-order valence-electron chi connectivity index (χ4n) is 2.25. The Hall–Kier alpha value is -1.91. The van der Waals surface area contributed by atoms with Crippen molar-refractivity contribution in [2.24, 2.45) is 5.41 Å². The largest absolute Gasteiger partial charge is 0.502 e. The van der Waals surface area contributed by atoms with Gasteiger partial charge in [0.05, 0.1) is 5.69 Å². The van der Waals surface area contributed by atoms with Crippen LogP contribution in [0, 0.1) is 12.3 Å². The van der Waals surface area contributed by atoms with Gasteiger partial charge in [0.25, 0.3) is 5.88 Å². The summed E-state index contributed by atoms with van der Waals surface area (Å²) in [6.45, 7) is 5.73. The van der Waals surface area contributed by atoms with Crippen molar-refractivity contribution in [1.29, 1.82) is 0 Å². The third-order valence-electron chi connectivity index (χ3n) is 3.95. The third kappa shape index (κ3) is 2.66. The molecule has 0 aromatic carbocycles. The van der Waals surface area contributed by atoms with Crippen LogP contribution in [0.1, 0.15) is 38.8 Å². The van der Waals surface area contributed by atoms with Crippen LogP contribution in [-0.2, 0) is 0 Å². The number of aromatic hydroxyl groups is 1.